The SMILES string of the molecule is O=C(COc1nc(=O)[nH]c(N2CC3(COC3)C2)c1F)NCC1CC2CCCC(C2)C1. The lowest BCUT2D eigenvalue weighted by atomic mass is 9.68. The zero-order valence-electron chi connectivity index (χ0n) is 17.1. The average molecular weight is 420 g/mol. The lowest BCUT2D eigenvalue weighted by Gasteiger charge is -2.55. The van der Waals surface area contributed by atoms with Gasteiger partial charge in [0.05, 0.1) is 18.6 Å². The summed E-state index contributed by atoms with van der Waals surface area (Å²) in [7, 11) is 0. The highest BCUT2D eigenvalue weighted by Gasteiger charge is 2.50. The van der Waals surface area contributed by atoms with Gasteiger partial charge < -0.3 is 19.7 Å². The van der Waals surface area contributed by atoms with E-state index in [0.29, 0.717) is 38.8 Å². The van der Waals surface area contributed by atoms with Crippen LogP contribution in [0.4, 0.5) is 10.2 Å². The number of carbonyl (C=O) groups is 1. The molecule has 0 aromatic carbocycles. The van der Waals surface area contributed by atoms with E-state index < -0.39 is 17.4 Å². The zero-order chi connectivity index (χ0) is 20.7. The van der Waals surface area contributed by atoms with E-state index in [1.54, 1.807) is 4.90 Å². The number of hydrogen-bond donors (Lipinski definition) is 2. The first-order chi connectivity index (χ1) is 14.5. The molecule has 0 radical (unpaired) electrons. The quantitative estimate of drug-likeness (QED) is 0.723. The van der Waals surface area contributed by atoms with Gasteiger partial charge in [0.25, 0.3) is 11.8 Å². The number of aromatic amines is 1. The molecule has 164 valence electrons. The van der Waals surface area contributed by atoms with Crippen molar-refractivity contribution in [1.29, 1.82) is 0 Å². The lowest BCUT2D eigenvalue weighted by Crippen LogP contribution is -2.66. The molecule has 1 aromatic rings. The van der Waals surface area contributed by atoms with Crippen LogP contribution in [0.5, 0.6) is 5.88 Å². The van der Waals surface area contributed by atoms with E-state index in [1.807, 2.05) is 0 Å². The van der Waals surface area contributed by atoms with Gasteiger partial charge in [-0.1, -0.05) is 19.3 Å². The number of aromatic nitrogens is 2. The van der Waals surface area contributed by atoms with Crippen molar-refractivity contribution in [1.82, 2.24) is 15.3 Å². The van der Waals surface area contributed by atoms with Gasteiger partial charge in [0.2, 0.25) is 5.82 Å². The number of ether oxygens (including phenoxy) is 2. The van der Waals surface area contributed by atoms with Gasteiger partial charge in [0.1, 0.15) is 0 Å². The molecule has 4 aliphatic rings. The van der Waals surface area contributed by atoms with Crippen LogP contribution < -0.4 is 20.6 Å². The highest BCUT2D eigenvalue weighted by molar-refractivity contribution is 5.77. The smallest absolute Gasteiger partial charge is 0.349 e. The standard InChI is InChI=1S/C21H29FN4O4/c22-17-18(26-9-21(10-26)11-29-12-21)24-20(28)25-19(17)30-8-16(27)23-7-15-5-13-2-1-3-14(4-13)6-15/h13-15H,1-12H2,(H,23,27)(H,24,25,28). The minimum Gasteiger partial charge on any atom is -0.465 e. The second-order valence-electron chi connectivity index (χ2n) is 9.69. The van der Waals surface area contributed by atoms with Crippen molar-refractivity contribution in [3.63, 3.8) is 0 Å². The summed E-state index contributed by atoms with van der Waals surface area (Å²) < 4.78 is 25.3. The largest absolute Gasteiger partial charge is 0.465 e. The van der Waals surface area contributed by atoms with Gasteiger partial charge >= 0.3 is 5.69 Å². The number of nitrogens with zero attached hydrogens (tertiary/aromatic N) is 2. The maximum atomic E-state index is 14.8. The number of rotatable bonds is 6. The highest BCUT2D eigenvalue weighted by Crippen LogP contribution is 2.42. The summed E-state index contributed by atoms with van der Waals surface area (Å²) in [5, 5.41) is 2.91. The third-order valence-corrected chi connectivity index (χ3v) is 7.16. The fourth-order valence-corrected chi connectivity index (χ4v) is 5.71. The fraction of sp³-hybridized carbons (Fsp3) is 0.762. The van der Waals surface area contributed by atoms with Gasteiger partial charge in [-0.3, -0.25) is 9.78 Å². The Labute approximate surface area is 174 Å². The van der Waals surface area contributed by atoms with Crippen LogP contribution in [0.3, 0.4) is 0 Å². The van der Waals surface area contributed by atoms with Crippen LogP contribution in [0.15, 0.2) is 4.79 Å². The van der Waals surface area contributed by atoms with Crippen molar-refractivity contribution in [2.75, 3.05) is 44.4 Å². The Kier molecular flexibility index (Phi) is 5.16. The first-order valence-electron chi connectivity index (χ1n) is 11.0. The van der Waals surface area contributed by atoms with E-state index in [1.165, 1.54) is 38.5 Å². The Morgan fingerprint density at radius 3 is 2.67 bits per heavy atom. The molecule has 2 atom stereocenters. The molecule has 9 heteroatoms. The second kappa shape index (κ2) is 7.83. The molecule has 1 aromatic heterocycles. The van der Waals surface area contributed by atoms with Gasteiger partial charge in [0.15, 0.2) is 12.4 Å². The van der Waals surface area contributed by atoms with E-state index >= 15 is 0 Å². The zero-order valence-corrected chi connectivity index (χ0v) is 17.1. The highest BCUT2D eigenvalue weighted by atomic mass is 19.1. The molecule has 2 aliphatic heterocycles. The molecule has 2 saturated carbocycles. The van der Waals surface area contributed by atoms with E-state index in [2.05, 4.69) is 15.3 Å². The maximum Gasteiger partial charge on any atom is 0.349 e. The number of hydrogen-bond acceptors (Lipinski definition) is 6. The van der Waals surface area contributed by atoms with Crippen LogP contribution in [-0.4, -0.2) is 55.3 Å². The number of nitrogens with one attached hydrogen (secondary N) is 2. The van der Waals surface area contributed by atoms with Crippen LogP contribution in [-0.2, 0) is 9.53 Å². The molecular weight excluding hydrogens is 391 g/mol. The Balaban J connectivity index is 1.13. The summed E-state index contributed by atoms with van der Waals surface area (Å²) in [6.45, 7) is 2.83. The van der Waals surface area contributed by atoms with E-state index in [0.717, 1.165) is 11.8 Å². The van der Waals surface area contributed by atoms with Crippen molar-refractivity contribution in [3.8, 4) is 5.88 Å². The Hall–Kier alpha value is -2.16. The minimum atomic E-state index is -0.738. The summed E-state index contributed by atoms with van der Waals surface area (Å²) in [5.41, 5.74) is -0.619. The maximum absolute atomic E-state index is 14.8. The topological polar surface area (TPSA) is 96.5 Å². The number of fused-ring (bicyclic) bond motifs is 2. The van der Waals surface area contributed by atoms with Crippen LogP contribution in [0.2, 0.25) is 0 Å². The Bertz CT molecular complexity index is 851. The van der Waals surface area contributed by atoms with Gasteiger partial charge in [-0.15, -0.1) is 0 Å². The summed E-state index contributed by atoms with van der Waals surface area (Å²) in [5.74, 6) is 0.693. The molecule has 4 fully saturated rings. The Morgan fingerprint density at radius 1 is 1.27 bits per heavy atom. The van der Waals surface area contributed by atoms with Gasteiger partial charge in [-0.2, -0.15) is 9.37 Å². The third-order valence-electron chi connectivity index (χ3n) is 7.16. The molecular formula is C21H29FN4O4. The molecule has 2 saturated heterocycles. The number of carbonyl (C=O) groups excluding carboxylic acids is 1. The molecule has 5 rings (SSSR count). The second-order valence-corrected chi connectivity index (χ2v) is 9.69. The normalized spacial score (nSPS) is 29.1. The van der Waals surface area contributed by atoms with Crippen molar-refractivity contribution in [2.24, 2.45) is 23.2 Å². The summed E-state index contributed by atoms with van der Waals surface area (Å²) in [4.78, 5) is 31.8. The number of anilines is 1. The minimum absolute atomic E-state index is 0.0664. The molecule has 2 aliphatic carbocycles. The number of H-pyrrole nitrogens is 1. The van der Waals surface area contributed by atoms with Gasteiger partial charge in [-0.05, 0) is 37.0 Å². The molecule has 2 unspecified atom stereocenters. The predicted molar refractivity (Wildman–Crippen MR) is 107 cm³/mol. The molecule has 1 spiro atoms. The van der Waals surface area contributed by atoms with Crippen LogP contribution >= 0.6 is 0 Å². The summed E-state index contributed by atoms with van der Waals surface area (Å²) in [6.07, 6.45) is 7.65. The van der Waals surface area contributed by atoms with Crippen LogP contribution in [0.25, 0.3) is 0 Å². The first-order valence-corrected chi connectivity index (χ1v) is 11.0. The average Bonchev–Trinajstić information content (AvgIpc) is 2.65. The van der Waals surface area contributed by atoms with Crippen LogP contribution in [0.1, 0.15) is 38.5 Å². The van der Waals surface area contributed by atoms with Crippen molar-refractivity contribution in [3.05, 3.63) is 16.3 Å². The molecule has 8 nitrogen and oxygen atoms in total. The number of halogens is 1. The molecule has 3 heterocycles. The lowest BCUT2D eigenvalue weighted by molar-refractivity contribution is -0.127. The fourth-order valence-electron chi connectivity index (χ4n) is 5.71. The summed E-state index contributed by atoms with van der Waals surface area (Å²) in [6, 6.07) is 0. The monoisotopic (exact) mass is 420 g/mol. The van der Waals surface area contributed by atoms with Gasteiger partial charge in [0, 0.05) is 19.6 Å². The van der Waals surface area contributed by atoms with Crippen LogP contribution in [0, 0.1) is 29.0 Å². The number of amides is 1. The molecule has 2 N–H and O–H groups in total. The molecule has 30 heavy (non-hydrogen) atoms. The van der Waals surface area contributed by atoms with Crippen molar-refractivity contribution in [2.45, 2.75) is 38.5 Å². The molecule has 1 amide bonds. The third kappa shape index (κ3) is 3.91. The predicted octanol–water partition coefficient (Wildman–Crippen LogP) is 1.46. The van der Waals surface area contributed by atoms with E-state index in [4.69, 9.17) is 9.47 Å². The summed E-state index contributed by atoms with van der Waals surface area (Å²) >= 11 is 0. The van der Waals surface area contributed by atoms with Gasteiger partial charge in [-0.25, -0.2) is 4.79 Å². The van der Waals surface area contributed by atoms with E-state index in [9.17, 15) is 14.0 Å². The van der Waals surface area contributed by atoms with Crippen molar-refractivity contribution >= 4 is 11.7 Å². The van der Waals surface area contributed by atoms with E-state index in [-0.39, 0.29) is 23.7 Å². The first kappa shape index (κ1) is 19.8. The van der Waals surface area contributed by atoms with Crippen molar-refractivity contribution < 1.29 is 18.7 Å². The Morgan fingerprint density at radius 2 is 2.00 bits per heavy atom. The molecule has 2 bridgehead atoms.